The predicted octanol–water partition coefficient (Wildman–Crippen LogP) is 2.64. The van der Waals surface area contributed by atoms with Gasteiger partial charge in [0.2, 0.25) is 0 Å². The van der Waals surface area contributed by atoms with Gasteiger partial charge in [0.25, 0.3) is 5.91 Å². The highest BCUT2D eigenvalue weighted by Crippen LogP contribution is 2.49. The minimum Gasteiger partial charge on any atom is -0.456 e. The number of carbonyl (C=O) groups excluding carboxylic acids is 1. The number of hydrogen-bond donors (Lipinski definition) is 0. The molecular formula is C22H27N5O4. The van der Waals surface area contributed by atoms with Gasteiger partial charge in [0.1, 0.15) is 23.7 Å². The van der Waals surface area contributed by atoms with Gasteiger partial charge in [0.05, 0.1) is 5.69 Å². The summed E-state index contributed by atoms with van der Waals surface area (Å²) in [6, 6.07) is 3.63. The van der Waals surface area contributed by atoms with E-state index in [1.54, 1.807) is 12.4 Å². The highest BCUT2D eigenvalue weighted by atomic mass is 16.5. The molecule has 3 aromatic heterocycles. The van der Waals surface area contributed by atoms with Crippen LogP contribution in [0.1, 0.15) is 57.9 Å². The molecule has 1 atom stereocenters. The van der Waals surface area contributed by atoms with Crippen molar-refractivity contribution in [3.63, 3.8) is 0 Å². The Morgan fingerprint density at radius 2 is 2.06 bits per heavy atom. The maximum Gasteiger partial charge on any atom is 0.289 e. The molecule has 0 saturated carbocycles. The van der Waals surface area contributed by atoms with E-state index in [2.05, 4.69) is 15.4 Å². The maximum absolute atomic E-state index is 13.3. The van der Waals surface area contributed by atoms with Gasteiger partial charge in [0, 0.05) is 56.7 Å². The fraction of sp³-hybridized carbons (Fsp3) is 0.545. The number of aryl methyl sites for hydroxylation is 3. The second-order valence-electron chi connectivity index (χ2n) is 8.76. The summed E-state index contributed by atoms with van der Waals surface area (Å²) in [5.41, 5.74) is 1.80. The molecule has 0 radical (unpaired) electrons. The monoisotopic (exact) mass is 425 g/mol. The van der Waals surface area contributed by atoms with Crippen LogP contribution in [0.3, 0.4) is 0 Å². The molecule has 9 nitrogen and oxygen atoms in total. The Hall–Kier alpha value is -2.94. The quantitative estimate of drug-likeness (QED) is 0.633. The number of aromatic nitrogens is 4. The first-order chi connectivity index (χ1) is 15.0. The molecule has 3 aromatic rings. The zero-order valence-electron chi connectivity index (χ0n) is 18.1. The first-order valence-corrected chi connectivity index (χ1v) is 10.7. The van der Waals surface area contributed by atoms with E-state index in [4.69, 9.17) is 13.7 Å². The Morgan fingerprint density at radius 3 is 2.74 bits per heavy atom. The standard InChI is InChI=1S/C22H27N5O4/c1-14-17(15(2)31-25-14)10-16-4-5-19(30-16)21(28)27-11-18(20-24-23-13-26(20)3)22(12-27)6-8-29-9-7-22/h4-5,13,18H,6-12H2,1-3H3. The van der Waals surface area contributed by atoms with Gasteiger partial charge in [-0.3, -0.25) is 4.79 Å². The summed E-state index contributed by atoms with van der Waals surface area (Å²) in [7, 11) is 1.96. The van der Waals surface area contributed by atoms with Gasteiger partial charge >= 0.3 is 0 Å². The third-order valence-electron chi connectivity index (χ3n) is 6.89. The number of amides is 1. The van der Waals surface area contributed by atoms with Crippen molar-refractivity contribution in [2.45, 2.75) is 39.0 Å². The van der Waals surface area contributed by atoms with Crippen LogP contribution in [0.25, 0.3) is 0 Å². The van der Waals surface area contributed by atoms with Crippen molar-refractivity contribution in [3.05, 3.63) is 52.8 Å². The summed E-state index contributed by atoms with van der Waals surface area (Å²) in [6.07, 6.45) is 4.09. The predicted molar refractivity (Wildman–Crippen MR) is 110 cm³/mol. The minimum atomic E-state index is -0.0828. The normalized spacial score (nSPS) is 20.6. The molecule has 1 amide bonds. The van der Waals surface area contributed by atoms with Gasteiger partial charge in [-0.05, 0) is 38.8 Å². The summed E-state index contributed by atoms with van der Waals surface area (Å²) < 4.78 is 18.8. The van der Waals surface area contributed by atoms with Crippen LogP contribution in [0.2, 0.25) is 0 Å². The lowest BCUT2D eigenvalue weighted by Gasteiger charge is -2.37. The van der Waals surface area contributed by atoms with E-state index in [0.29, 0.717) is 38.5 Å². The largest absolute Gasteiger partial charge is 0.456 e. The third kappa shape index (κ3) is 3.46. The van der Waals surface area contributed by atoms with Gasteiger partial charge in [-0.1, -0.05) is 5.16 Å². The molecule has 1 unspecified atom stereocenters. The van der Waals surface area contributed by atoms with E-state index in [9.17, 15) is 4.79 Å². The van der Waals surface area contributed by atoms with Crippen LogP contribution < -0.4 is 0 Å². The second kappa shape index (κ2) is 7.64. The number of hydrogen-bond acceptors (Lipinski definition) is 7. The number of likely N-dealkylation sites (tertiary alicyclic amines) is 1. The average Bonchev–Trinajstić information content (AvgIpc) is 3.54. The third-order valence-corrected chi connectivity index (χ3v) is 6.89. The van der Waals surface area contributed by atoms with E-state index in [1.807, 2.05) is 36.4 Å². The molecule has 5 heterocycles. The van der Waals surface area contributed by atoms with Crippen LogP contribution in [0, 0.1) is 19.3 Å². The molecule has 9 heteroatoms. The van der Waals surface area contributed by atoms with Gasteiger partial charge < -0.3 is 23.1 Å². The summed E-state index contributed by atoms with van der Waals surface area (Å²) in [5, 5.41) is 12.4. The Morgan fingerprint density at radius 1 is 1.26 bits per heavy atom. The molecule has 2 saturated heterocycles. The number of ether oxygens (including phenoxy) is 1. The van der Waals surface area contributed by atoms with Gasteiger partial charge in [0.15, 0.2) is 5.76 Å². The summed E-state index contributed by atoms with van der Waals surface area (Å²) in [4.78, 5) is 15.3. The molecule has 31 heavy (non-hydrogen) atoms. The molecule has 2 aliphatic heterocycles. The molecule has 0 bridgehead atoms. The molecule has 164 valence electrons. The highest BCUT2D eigenvalue weighted by Gasteiger charge is 2.51. The molecule has 0 aliphatic carbocycles. The SMILES string of the molecule is Cc1noc(C)c1Cc1ccc(C(=O)N2CC(c3nncn3C)C3(CCOCC3)C2)o1. The number of rotatable bonds is 4. The van der Waals surface area contributed by atoms with E-state index in [-0.39, 0.29) is 17.2 Å². The van der Waals surface area contributed by atoms with E-state index in [0.717, 1.165) is 41.4 Å². The number of furan rings is 1. The fourth-order valence-corrected chi connectivity index (χ4v) is 5.04. The van der Waals surface area contributed by atoms with E-state index in [1.165, 1.54) is 0 Å². The van der Waals surface area contributed by atoms with Crippen molar-refractivity contribution < 1.29 is 18.5 Å². The van der Waals surface area contributed by atoms with E-state index < -0.39 is 0 Å². The Kier molecular flexibility index (Phi) is 4.92. The van der Waals surface area contributed by atoms with Gasteiger partial charge in [-0.15, -0.1) is 10.2 Å². The van der Waals surface area contributed by atoms with Crippen molar-refractivity contribution in [2.24, 2.45) is 12.5 Å². The van der Waals surface area contributed by atoms with Gasteiger partial charge in [-0.2, -0.15) is 0 Å². The van der Waals surface area contributed by atoms with Crippen LogP contribution >= 0.6 is 0 Å². The smallest absolute Gasteiger partial charge is 0.289 e. The Balaban J connectivity index is 1.37. The molecule has 2 fully saturated rings. The van der Waals surface area contributed by atoms with Crippen LogP contribution in [-0.2, 0) is 18.2 Å². The van der Waals surface area contributed by atoms with E-state index >= 15 is 0 Å². The molecule has 5 rings (SSSR count). The van der Waals surface area contributed by atoms with Crippen molar-refractivity contribution >= 4 is 5.91 Å². The maximum atomic E-state index is 13.3. The summed E-state index contributed by atoms with van der Waals surface area (Å²) >= 11 is 0. The molecule has 0 N–H and O–H groups in total. The van der Waals surface area contributed by atoms with Crippen molar-refractivity contribution in [2.75, 3.05) is 26.3 Å². The lowest BCUT2D eigenvalue weighted by atomic mass is 9.72. The minimum absolute atomic E-state index is 0.0409. The van der Waals surface area contributed by atoms with Crippen LogP contribution in [-0.4, -0.2) is 57.0 Å². The van der Waals surface area contributed by atoms with Crippen LogP contribution in [0.4, 0.5) is 0 Å². The van der Waals surface area contributed by atoms with Gasteiger partial charge in [-0.25, -0.2) is 0 Å². The molecule has 2 aliphatic rings. The van der Waals surface area contributed by atoms with Crippen molar-refractivity contribution in [1.82, 2.24) is 24.8 Å². The second-order valence-corrected chi connectivity index (χ2v) is 8.76. The Bertz CT molecular complexity index is 1070. The average molecular weight is 425 g/mol. The summed E-state index contributed by atoms with van der Waals surface area (Å²) in [6.45, 7) is 6.48. The zero-order chi connectivity index (χ0) is 21.6. The van der Waals surface area contributed by atoms with Crippen LogP contribution in [0.15, 0.2) is 27.4 Å². The first-order valence-electron chi connectivity index (χ1n) is 10.7. The Labute approximate surface area is 180 Å². The van der Waals surface area contributed by atoms with Crippen molar-refractivity contribution in [3.8, 4) is 0 Å². The number of nitrogens with zero attached hydrogens (tertiary/aromatic N) is 5. The van der Waals surface area contributed by atoms with Crippen molar-refractivity contribution in [1.29, 1.82) is 0 Å². The van der Waals surface area contributed by atoms with Crippen LogP contribution in [0.5, 0.6) is 0 Å². The molecule has 0 aromatic carbocycles. The zero-order valence-corrected chi connectivity index (χ0v) is 18.1. The molecular weight excluding hydrogens is 398 g/mol. The highest BCUT2D eigenvalue weighted by molar-refractivity contribution is 5.92. The fourth-order valence-electron chi connectivity index (χ4n) is 5.04. The first kappa shape index (κ1) is 20.0. The number of carbonyl (C=O) groups is 1. The lowest BCUT2D eigenvalue weighted by molar-refractivity contribution is 0.0106. The summed E-state index contributed by atoms with van der Waals surface area (Å²) in [5.74, 6) is 2.83. The lowest BCUT2D eigenvalue weighted by Crippen LogP contribution is -2.37. The topological polar surface area (TPSA) is 99.4 Å². The molecule has 1 spiro atoms.